The maximum Gasteiger partial charge on any atom is 0.461 e. The van der Waals surface area contributed by atoms with Gasteiger partial charge >= 0.3 is 12.2 Å². The van der Waals surface area contributed by atoms with Gasteiger partial charge in [-0.25, -0.2) is 4.79 Å². The zero-order valence-corrected chi connectivity index (χ0v) is 15.9. The van der Waals surface area contributed by atoms with E-state index in [1.807, 2.05) is 36.4 Å². The molecule has 2 aliphatic rings. The van der Waals surface area contributed by atoms with E-state index in [9.17, 15) is 18.0 Å². The highest BCUT2D eigenvalue weighted by Gasteiger charge is 2.50. The molecule has 0 aliphatic carbocycles. The quantitative estimate of drug-likeness (QED) is 0.665. The van der Waals surface area contributed by atoms with E-state index in [-0.39, 0.29) is 16.4 Å². The Balaban J connectivity index is 1.48. The summed E-state index contributed by atoms with van der Waals surface area (Å²) in [7, 11) is 0. The molecule has 4 nitrogen and oxygen atoms in total. The molecule has 0 N–H and O–H groups in total. The first-order valence-corrected chi connectivity index (χ1v) is 9.65. The molecule has 4 rings (SSSR count). The number of rotatable bonds is 3. The minimum Gasteiger partial charge on any atom is -0.306 e. The zero-order chi connectivity index (χ0) is 20.5. The van der Waals surface area contributed by atoms with Crippen molar-refractivity contribution in [1.82, 2.24) is 4.90 Å². The van der Waals surface area contributed by atoms with Gasteiger partial charge in [-0.2, -0.15) is 13.2 Å². The summed E-state index contributed by atoms with van der Waals surface area (Å²) in [4.78, 5) is 20.7. The molecule has 0 aromatic heterocycles. The van der Waals surface area contributed by atoms with E-state index in [0.717, 1.165) is 30.5 Å². The van der Waals surface area contributed by atoms with E-state index in [0.29, 0.717) is 26.2 Å². The van der Waals surface area contributed by atoms with Crippen LogP contribution in [-0.4, -0.2) is 41.8 Å². The summed E-state index contributed by atoms with van der Waals surface area (Å²) in [5.41, 5.74) is 1.56. The average molecular weight is 403 g/mol. The number of urea groups is 1. The third-order valence-electron chi connectivity index (χ3n) is 5.45. The van der Waals surface area contributed by atoms with E-state index in [1.54, 1.807) is 4.90 Å². The van der Waals surface area contributed by atoms with Crippen LogP contribution < -0.4 is 4.84 Å². The van der Waals surface area contributed by atoms with E-state index >= 15 is 0 Å². The fourth-order valence-electron chi connectivity index (χ4n) is 3.71. The topological polar surface area (TPSA) is 29.5 Å². The van der Waals surface area contributed by atoms with Crippen molar-refractivity contribution in [2.24, 2.45) is 0 Å². The number of quaternary nitrogens is 1. The van der Waals surface area contributed by atoms with Crippen LogP contribution in [-0.2, 0) is 6.18 Å². The van der Waals surface area contributed by atoms with Crippen LogP contribution in [0.25, 0.3) is 5.57 Å². The molecular formula is C22H22F3N2O2+. The Morgan fingerprint density at radius 3 is 2.38 bits per heavy atom. The first-order valence-electron chi connectivity index (χ1n) is 9.65. The lowest BCUT2D eigenvalue weighted by Gasteiger charge is -2.42. The molecule has 152 valence electrons. The maximum atomic E-state index is 13.2. The Morgan fingerprint density at radius 2 is 1.79 bits per heavy atom. The predicted octanol–water partition coefficient (Wildman–Crippen LogP) is 5.13. The Kier molecular flexibility index (Phi) is 5.08. The number of halogens is 3. The monoisotopic (exact) mass is 403 g/mol. The number of nitrogens with zero attached hydrogens (tertiary/aromatic N) is 2. The van der Waals surface area contributed by atoms with Gasteiger partial charge in [0, 0.05) is 13.1 Å². The minimum atomic E-state index is -4.45. The Hall–Kier alpha value is -2.80. The second kappa shape index (κ2) is 7.55. The summed E-state index contributed by atoms with van der Waals surface area (Å²) in [5.74, 6) is 0.0606. The lowest BCUT2D eigenvalue weighted by atomic mass is 10.00. The van der Waals surface area contributed by atoms with Crippen LogP contribution in [0.1, 0.15) is 24.0 Å². The number of hydrogen-bond donors (Lipinski definition) is 0. The molecular weight excluding hydrogens is 381 g/mol. The first-order chi connectivity index (χ1) is 13.9. The SMILES string of the molecule is O=C(N1CC=C(c2ccccc2)CC1)[N+]1(Oc2cccc(C(F)(F)F)c2)CCC1. The summed E-state index contributed by atoms with van der Waals surface area (Å²) < 4.78 is 38.7. The lowest BCUT2D eigenvalue weighted by molar-refractivity contribution is -1.04. The number of benzene rings is 2. The molecule has 2 aromatic carbocycles. The molecule has 0 atom stereocenters. The number of amides is 2. The fourth-order valence-corrected chi connectivity index (χ4v) is 3.71. The third kappa shape index (κ3) is 4.00. The maximum absolute atomic E-state index is 13.2. The van der Waals surface area contributed by atoms with Crippen LogP contribution in [0.2, 0.25) is 0 Å². The number of hydrogen-bond acceptors (Lipinski definition) is 2. The average Bonchev–Trinajstić information content (AvgIpc) is 2.71. The smallest absolute Gasteiger partial charge is 0.306 e. The van der Waals surface area contributed by atoms with Gasteiger partial charge in [-0.15, -0.1) is 0 Å². The Bertz CT molecular complexity index is 921. The molecule has 2 aromatic rings. The fraction of sp³-hybridized carbons (Fsp3) is 0.318. The molecule has 1 saturated heterocycles. The second-order valence-electron chi connectivity index (χ2n) is 7.38. The zero-order valence-electron chi connectivity index (χ0n) is 15.9. The van der Waals surface area contributed by atoms with Crippen LogP contribution in [0, 0.1) is 0 Å². The van der Waals surface area contributed by atoms with Crippen LogP contribution in [0.15, 0.2) is 60.7 Å². The summed E-state index contributed by atoms with van der Waals surface area (Å²) in [5, 5.41) is 0. The van der Waals surface area contributed by atoms with Gasteiger partial charge in [0.05, 0.1) is 12.0 Å². The van der Waals surface area contributed by atoms with E-state index in [4.69, 9.17) is 4.84 Å². The Morgan fingerprint density at radius 1 is 1.03 bits per heavy atom. The van der Waals surface area contributed by atoms with Crippen LogP contribution >= 0.6 is 0 Å². The molecule has 0 radical (unpaired) electrons. The summed E-state index contributed by atoms with van der Waals surface area (Å²) in [6, 6.07) is 14.5. The van der Waals surface area contributed by atoms with Crippen molar-refractivity contribution in [2.45, 2.75) is 19.0 Å². The van der Waals surface area contributed by atoms with Gasteiger partial charge in [0.25, 0.3) is 0 Å². The van der Waals surface area contributed by atoms with Crippen molar-refractivity contribution in [3.05, 3.63) is 71.8 Å². The summed E-state index contributed by atoms with van der Waals surface area (Å²) >= 11 is 0. The summed E-state index contributed by atoms with van der Waals surface area (Å²) in [6.07, 6.45) is -0.880. The van der Waals surface area contributed by atoms with E-state index < -0.39 is 11.7 Å². The molecule has 0 spiro atoms. The Labute approximate surface area is 167 Å². The highest BCUT2D eigenvalue weighted by atomic mass is 19.4. The van der Waals surface area contributed by atoms with Gasteiger partial charge in [0.1, 0.15) is 13.1 Å². The molecule has 0 unspecified atom stereocenters. The van der Waals surface area contributed by atoms with Crippen molar-refractivity contribution in [2.75, 3.05) is 26.2 Å². The molecule has 2 amide bonds. The number of carbonyl (C=O) groups is 1. The van der Waals surface area contributed by atoms with Crippen LogP contribution in [0.5, 0.6) is 5.75 Å². The predicted molar refractivity (Wildman–Crippen MR) is 103 cm³/mol. The van der Waals surface area contributed by atoms with Crippen molar-refractivity contribution < 1.29 is 27.4 Å². The van der Waals surface area contributed by atoms with E-state index in [1.165, 1.54) is 17.7 Å². The molecule has 1 fully saturated rings. The number of likely N-dealkylation sites (tertiary alicyclic amines) is 1. The van der Waals surface area contributed by atoms with Crippen LogP contribution in [0.4, 0.5) is 18.0 Å². The van der Waals surface area contributed by atoms with Crippen LogP contribution in [0.3, 0.4) is 0 Å². The first kappa shape index (κ1) is 19.5. The largest absolute Gasteiger partial charge is 0.461 e. The van der Waals surface area contributed by atoms with Gasteiger partial charge in [-0.05, 0) is 35.8 Å². The number of hydroxylamine groups is 3. The molecule has 7 heteroatoms. The second-order valence-corrected chi connectivity index (χ2v) is 7.38. The highest BCUT2D eigenvalue weighted by molar-refractivity contribution is 5.72. The molecule has 0 saturated carbocycles. The third-order valence-corrected chi connectivity index (χ3v) is 5.45. The van der Waals surface area contributed by atoms with E-state index in [2.05, 4.69) is 0 Å². The number of alkyl halides is 3. The van der Waals surface area contributed by atoms with Crippen molar-refractivity contribution in [3.63, 3.8) is 0 Å². The molecule has 0 bridgehead atoms. The highest BCUT2D eigenvalue weighted by Crippen LogP contribution is 2.34. The van der Waals surface area contributed by atoms with Gasteiger partial charge in [-0.1, -0.05) is 47.1 Å². The minimum absolute atomic E-state index is 0.0606. The molecule has 29 heavy (non-hydrogen) atoms. The number of carbonyl (C=O) groups excluding carboxylic acids is 1. The van der Waals surface area contributed by atoms with Gasteiger partial charge < -0.3 is 4.84 Å². The molecule has 2 aliphatic heterocycles. The van der Waals surface area contributed by atoms with Crippen molar-refractivity contribution >= 4 is 11.6 Å². The summed E-state index contributed by atoms with van der Waals surface area (Å²) in [6.45, 7) is 1.95. The lowest BCUT2D eigenvalue weighted by Crippen LogP contribution is -2.67. The van der Waals surface area contributed by atoms with Gasteiger partial charge in [0.15, 0.2) is 5.75 Å². The normalized spacial score (nSPS) is 18.6. The van der Waals surface area contributed by atoms with Crippen molar-refractivity contribution in [3.8, 4) is 5.75 Å². The van der Waals surface area contributed by atoms with Crippen molar-refractivity contribution in [1.29, 1.82) is 0 Å². The molecule has 2 heterocycles. The van der Waals surface area contributed by atoms with Gasteiger partial charge in [0.2, 0.25) is 0 Å². The standard InChI is InChI=1S/C22H22F3N2O2/c23-22(24,25)19-8-4-9-20(16-19)29-27(14-5-15-27)21(28)26-12-10-18(11-13-26)17-6-2-1-3-7-17/h1-4,6-10,16H,5,11-15H2/q+1. The van der Waals surface area contributed by atoms with Gasteiger partial charge in [-0.3, -0.25) is 4.90 Å².